The number of nitrogen functional groups attached to an aromatic ring is 1. The highest BCUT2D eigenvalue weighted by atomic mass is 16.2. The summed E-state index contributed by atoms with van der Waals surface area (Å²) in [6, 6.07) is 11.8. The molecule has 3 aromatic rings. The standard InChI is InChI=1S/C23H23N5O2/c1-13-4-2-3-5-15(13)18-8-14-9-19(26-12-16(14)21(24)27-18)28-22(30)17-10-23(17)6-7-25-20(29)11-23/h2-5,8-9,12,17H,6-7,10-11H2,1H3,(H2,24,27)(H,25,29)(H,26,28,30)/t17-,23+/m0/s1. The van der Waals surface area contributed by atoms with Gasteiger partial charge >= 0.3 is 0 Å². The highest BCUT2D eigenvalue weighted by Crippen LogP contribution is 2.59. The zero-order valence-corrected chi connectivity index (χ0v) is 16.7. The van der Waals surface area contributed by atoms with Crippen molar-refractivity contribution in [2.45, 2.75) is 26.2 Å². The van der Waals surface area contributed by atoms with Gasteiger partial charge in [0.2, 0.25) is 11.8 Å². The lowest BCUT2D eigenvalue weighted by molar-refractivity contribution is -0.124. The van der Waals surface area contributed by atoms with Crippen LogP contribution in [0.15, 0.2) is 42.6 Å². The Kier molecular flexibility index (Phi) is 4.20. The lowest BCUT2D eigenvalue weighted by Gasteiger charge is -2.22. The maximum absolute atomic E-state index is 12.8. The van der Waals surface area contributed by atoms with Gasteiger partial charge in [-0.25, -0.2) is 9.97 Å². The van der Waals surface area contributed by atoms with Crippen molar-refractivity contribution in [3.63, 3.8) is 0 Å². The minimum atomic E-state index is -0.171. The molecular formula is C23H23N5O2. The first-order chi connectivity index (χ1) is 14.4. The number of benzene rings is 1. The fourth-order valence-electron chi connectivity index (χ4n) is 4.57. The van der Waals surface area contributed by atoms with Crippen molar-refractivity contribution in [3.05, 3.63) is 48.2 Å². The van der Waals surface area contributed by atoms with Crippen LogP contribution in [0.3, 0.4) is 0 Å². The van der Waals surface area contributed by atoms with Crippen LogP contribution in [0.1, 0.15) is 24.8 Å². The summed E-state index contributed by atoms with van der Waals surface area (Å²) in [5.74, 6) is 0.720. The van der Waals surface area contributed by atoms with Gasteiger partial charge in [-0.2, -0.15) is 0 Å². The summed E-state index contributed by atoms with van der Waals surface area (Å²) in [7, 11) is 0. The monoisotopic (exact) mass is 401 g/mol. The molecule has 7 nitrogen and oxygen atoms in total. The minimum absolute atomic E-state index is 0.0343. The Hall–Kier alpha value is -3.48. The van der Waals surface area contributed by atoms with Crippen LogP contribution in [0.2, 0.25) is 0 Å². The average Bonchev–Trinajstić information content (AvgIpc) is 3.40. The maximum Gasteiger partial charge on any atom is 0.229 e. The Morgan fingerprint density at radius 2 is 2.13 bits per heavy atom. The molecule has 1 spiro atoms. The maximum atomic E-state index is 12.8. The van der Waals surface area contributed by atoms with E-state index in [1.165, 1.54) is 0 Å². The number of fused-ring (bicyclic) bond motifs is 1. The number of rotatable bonds is 3. The SMILES string of the molecule is Cc1ccccc1-c1cc2cc(NC(=O)[C@@H]3C[C@@]34CCNC(=O)C4)ncc2c(N)n1. The summed E-state index contributed by atoms with van der Waals surface area (Å²) in [6.07, 6.45) is 3.68. The van der Waals surface area contributed by atoms with Crippen molar-refractivity contribution in [2.24, 2.45) is 11.3 Å². The molecule has 152 valence electrons. The Morgan fingerprint density at radius 3 is 2.93 bits per heavy atom. The van der Waals surface area contributed by atoms with Crippen molar-refractivity contribution in [2.75, 3.05) is 17.6 Å². The van der Waals surface area contributed by atoms with Crippen LogP contribution in [-0.4, -0.2) is 28.3 Å². The first-order valence-electron chi connectivity index (χ1n) is 10.2. The van der Waals surface area contributed by atoms with Gasteiger partial charge < -0.3 is 16.4 Å². The predicted molar refractivity (Wildman–Crippen MR) is 116 cm³/mol. The van der Waals surface area contributed by atoms with E-state index in [0.29, 0.717) is 24.6 Å². The number of pyridine rings is 2. The quantitative estimate of drug-likeness (QED) is 0.625. The number of hydrogen-bond acceptors (Lipinski definition) is 5. The fourth-order valence-corrected chi connectivity index (χ4v) is 4.57. The highest BCUT2D eigenvalue weighted by molar-refractivity contribution is 5.99. The third-order valence-corrected chi connectivity index (χ3v) is 6.38. The third-order valence-electron chi connectivity index (χ3n) is 6.38. The molecule has 30 heavy (non-hydrogen) atoms. The van der Waals surface area contributed by atoms with Gasteiger partial charge in [0, 0.05) is 36.0 Å². The average molecular weight is 401 g/mol. The van der Waals surface area contributed by atoms with E-state index in [2.05, 4.69) is 20.6 Å². The van der Waals surface area contributed by atoms with Gasteiger partial charge in [-0.05, 0) is 48.3 Å². The molecule has 7 heteroatoms. The van der Waals surface area contributed by atoms with Crippen LogP contribution in [0, 0.1) is 18.3 Å². The van der Waals surface area contributed by atoms with Crippen LogP contribution in [0.4, 0.5) is 11.6 Å². The Labute approximate surface area is 174 Å². The van der Waals surface area contributed by atoms with Crippen molar-refractivity contribution < 1.29 is 9.59 Å². The number of nitrogens with zero attached hydrogens (tertiary/aromatic N) is 2. The second-order valence-corrected chi connectivity index (χ2v) is 8.38. The molecule has 1 aliphatic carbocycles. The molecule has 3 heterocycles. The predicted octanol–water partition coefficient (Wildman–Crippen LogP) is 3.04. The zero-order valence-electron chi connectivity index (χ0n) is 16.7. The summed E-state index contributed by atoms with van der Waals surface area (Å²) in [5.41, 5.74) is 8.93. The molecule has 5 rings (SSSR count). The molecular weight excluding hydrogens is 378 g/mol. The van der Waals surface area contributed by atoms with Crippen LogP contribution in [-0.2, 0) is 9.59 Å². The van der Waals surface area contributed by atoms with Gasteiger partial charge in [0.05, 0.1) is 5.69 Å². The first kappa shape index (κ1) is 18.5. The molecule has 2 fully saturated rings. The lowest BCUT2D eigenvalue weighted by Crippen LogP contribution is -2.36. The number of nitrogens with one attached hydrogen (secondary N) is 2. The molecule has 2 atom stereocenters. The highest BCUT2D eigenvalue weighted by Gasteiger charge is 2.59. The number of piperidine rings is 1. The van der Waals surface area contributed by atoms with Gasteiger partial charge in [-0.15, -0.1) is 0 Å². The molecule has 0 bridgehead atoms. The smallest absolute Gasteiger partial charge is 0.229 e. The van der Waals surface area contributed by atoms with Crippen molar-refractivity contribution >= 4 is 34.2 Å². The lowest BCUT2D eigenvalue weighted by atomic mass is 9.91. The molecule has 1 aromatic carbocycles. The summed E-state index contributed by atoms with van der Waals surface area (Å²) < 4.78 is 0. The van der Waals surface area contributed by atoms with E-state index in [1.54, 1.807) is 6.20 Å². The van der Waals surface area contributed by atoms with Crippen LogP contribution >= 0.6 is 0 Å². The number of carbonyl (C=O) groups is 2. The van der Waals surface area contributed by atoms with Gasteiger partial charge in [0.15, 0.2) is 0 Å². The molecule has 2 aliphatic rings. The molecule has 1 saturated carbocycles. The van der Waals surface area contributed by atoms with E-state index in [0.717, 1.165) is 40.4 Å². The van der Waals surface area contributed by atoms with E-state index in [4.69, 9.17) is 5.73 Å². The zero-order chi connectivity index (χ0) is 20.9. The summed E-state index contributed by atoms with van der Waals surface area (Å²) in [5, 5.41) is 7.38. The van der Waals surface area contributed by atoms with Crippen molar-refractivity contribution in [1.82, 2.24) is 15.3 Å². The Balaban J connectivity index is 1.41. The molecule has 2 aromatic heterocycles. The van der Waals surface area contributed by atoms with E-state index in [9.17, 15) is 9.59 Å². The van der Waals surface area contributed by atoms with E-state index >= 15 is 0 Å². The number of aromatic nitrogens is 2. The fraction of sp³-hybridized carbons (Fsp3) is 0.304. The largest absolute Gasteiger partial charge is 0.383 e. The van der Waals surface area contributed by atoms with Gasteiger partial charge in [0.25, 0.3) is 0 Å². The van der Waals surface area contributed by atoms with E-state index in [1.807, 2.05) is 43.3 Å². The van der Waals surface area contributed by atoms with Crippen molar-refractivity contribution in [3.8, 4) is 11.3 Å². The summed E-state index contributed by atoms with van der Waals surface area (Å²) in [6.45, 7) is 2.68. The number of amides is 2. The van der Waals surface area contributed by atoms with Crippen LogP contribution in [0.5, 0.6) is 0 Å². The third kappa shape index (κ3) is 3.16. The van der Waals surface area contributed by atoms with Crippen LogP contribution in [0.25, 0.3) is 22.0 Å². The number of nitrogens with two attached hydrogens (primary N) is 1. The second kappa shape index (κ2) is 6.79. The van der Waals surface area contributed by atoms with Gasteiger partial charge in [-0.3, -0.25) is 9.59 Å². The molecule has 0 radical (unpaired) electrons. The van der Waals surface area contributed by atoms with Gasteiger partial charge in [-0.1, -0.05) is 24.3 Å². The number of hydrogen-bond donors (Lipinski definition) is 3. The summed E-state index contributed by atoms with van der Waals surface area (Å²) >= 11 is 0. The second-order valence-electron chi connectivity index (χ2n) is 8.38. The number of anilines is 2. The van der Waals surface area contributed by atoms with Crippen molar-refractivity contribution in [1.29, 1.82) is 0 Å². The van der Waals surface area contributed by atoms with E-state index < -0.39 is 0 Å². The first-order valence-corrected chi connectivity index (χ1v) is 10.2. The molecule has 0 unspecified atom stereocenters. The van der Waals surface area contributed by atoms with E-state index in [-0.39, 0.29) is 23.1 Å². The van der Waals surface area contributed by atoms with Crippen LogP contribution < -0.4 is 16.4 Å². The topological polar surface area (TPSA) is 110 Å². The Bertz CT molecular complexity index is 1190. The number of carbonyl (C=O) groups excluding carboxylic acids is 2. The Morgan fingerprint density at radius 1 is 1.30 bits per heavy atom. The molecule has 2 amide bonds. The molecule has 1 aliphatic heterocycles. The normalized spacial score (nSPS) is 22.7. The van der Waals surface area contributed by atoms with Gasteiger partial charge in [0.1, 0.15) is 11.6 Å². The summed E-state index contributed by atoms with van der Waals surface area (Å²) in [4.78, 5) is 33.4. The minimum Gasteiger partial charge on any atom is -0.383 e. The number of aryl methyl sites for hydroxylation is 1. The molecule has 4 N–H and O–H groups in total. The molecule has 1 saturated heterocycles.